The van der Waals surface area contributed by atoms with E-state index in [9.17, 15) is 19.1 Å². The molecule has 0 saturated carbocycles. The van der Waals surface area contributed by atoms with E-state index in [0.29, 0.717) is 44.6 Å². The maximum absolute atomic E-state index is 13.9. The van der Waals surface area contributed by atoms with Crippen LogP contribution in [0.4, 0.5) is 10.1 Å². The molecule has 3 N–H and O–H groups in total. The predicted molar refractivity (Wildman–Crippen MR) is 99.9 cm³/mol. The molecular weight excluding hydrogens is 351 g/mol. The van der Waals surface area contributed by atoms with Crippen molar-refractivity contribution in [2.45, 2.75) is 31.9 Å². The maximum Gasteiger partial charge on any atom is 0.240 e. The zero-order chi connectivity index (χ0) is 19.4. The average molecular weight is 378 g/mol. The normalized spacial score (nSPS) is 19.9. The lowest BCUT2D eigenvalue weighted by atomic mass is 10.0. The number of aliphatic hydroxyl groups is 1. The predicted octanol–water partition coefficient (Wildman–Crippen LogP) is 0.396. The number of halogens is 1. The molecule has 7 nitrogen and oxygen atoms in total. The summed E-state index contributed by atoms with van der Waals surface area (Å²) < 4.78 is 13.9. The van der Waals surface area contributed by atoms with Crippen molar-refractivity contribution in [3.63, 3.8) is 0 Å². The van der Waals surface area contributed by atoms with Crippen LogP contribution in [0.3, 0.4) is 0 Å². The van der Waals surface area contributed by atoms with Crippen molar-refractivity contribution in [1.29, 1.82) is 0 Å². The number of piperazine rings is 1. The van der Waals surface area contributed by atoms with Crippen molar-refractivity contribution in [2.75, 3.05) is 44.2 Å². The molecular formula is C19H27FN4O3. The van der Waals surface area contributed by atoms with Crippen LogP contribution in [-0.2, 0) is 9.59 Å². The van der Waals surface area contributed by atoms with Crippen LogP contribution in [0, 0.1) is 5.82 Å². The van der Waals surface area contributed by atoms with Crippen LogP contribution in [0.1, 0.15) is 31.4 Å². The number of benzene rings is 1. The highest BCUT2D eigenvalue weighted by atomic mass is 19.1. The molecule has 1 aromatic rings. The lowest BCUT2D eigenvalue weighted by Crippen LogP contribution is -2.51. The van der Waals surface area contributed by atoms with Crippen molar-refractivity contribution in [3.8, 4) is 0 Å². The van der Waals surface area contributed by atoms with Crippen LogP contribution in [-0.4, -0.2) is 67.2 Å². The Balaban J connectivity index is 1.68. The first kappa shape index (κ1) is 19.6. The molecule has 2 amide bonds. The summed E-state index contributed by atoms with van der Waals surface area (Å²) >= 11 is 0. The van der Waals surface area contributed by atoms with Gasteiger partial charge in [0.05, 0.1) is 25.2 Å². The Morgan fingerprint density at radius 2 is 2.11 bits per heavy atom. The van der Waals surface area contributed by atoms with Gasteiger partial charge in [0.25, 0.3) is 0 Å². The second-order valence-electron chi connectivity index (χ2n) is 7.20. The number of nitrogens with one attached hydrogen (secondary N) is 2. The fourth-order valence-electron chi connectivity index (χ4n) is 3.62. The Bertz CT molecular complexity index is 692. The van der Waals surface area contributed by atoms with Gasteiger partial charge in [-0.3, -0.25) is 9.59 Å². The fraction of sp³-hybridized carbons (Fsp3) is 0.579. The molecule has 2 fully saturated rings. The molecule has 27 heavy (non-hydrogen) atoms. The van der Waals surface area contributed by atoms with Gasteiger partial charge >= 0.3 is 0 Å². The monoisotopic (exact) mass is 378 g/mol. The Hall–Kier alpha value is -2.19. The van der Waals surface area contributed by atoms with E-state index in [1.54, 1.807) is 6.07 Å². The Kier molecular flexibility index (Phi) is 6.28. The molecule has 0 bridgehead atoms. The molecule has 0 aliphatic carbocycles. The number of amides is 2. The zero-order valence-corrected chi connectivity index (χ0v) is 15.6. The molecule has 0 spiro atoms. The SMILES string of the molecule is C[C@@H](NC(=O)CN1CCNCC1=O)c1cc(F)ccc1N1CCC(O)CC1. The first-order valence-electron chi connectivity index (χ1n) is 9.44. The van der Waals surface area contributed by atoms with E-state index < -0.39 is 6.04 Å². The number of carbonyl (C=O) groups excluding carboxylic acids is 2. The molecule has 2 aliphatic rings. The molecule has 1 aromatic carbocycles. The van der Waals surface area contributed by atoms with Gasteiger partial charge in [0.2, 0.25) is 11.8 Å². The smallest absolute Gasteiger partial charge is 0.240 e. The third-order valence-electron chi connectivity index (χ3n) is 5.16. The molecule has 8 heteroatoms. The first-order chi connectivity index (χ1) is 12.9. The molecule has 2 heterocycles. The minimum absolute atomic E-state index is 0.00537. The van der Waals surface area contributed by atoms with E-state index in [4.69, 9.17) is 0 Å². The van der Waals surface area contributed by atoms with Gasteiger partial charge in [0.1, 0.15) is 5.82 Å². The van der Waals surface area contributed by atoms with E-state index in [0.717, 1.165) is 5.69 Å². The van der Waals surface area contributed by atoms with E-state index in [1.165, 1.54) is 17.0 Å². The second-order valence-corrected chi connectivity index (χ2v) is 7.20. The van der Waals surface area contributed by atoms with Crippen LogP contribution in [0.25, 0.3) is 0 Å². The number of rotatable bonds is 5. The van der Waals surface area contributed by atoms with Gasteiger partial charge in [-0.05, 0) is 38.0 Å². The standard InChI is InChI=1S/C19H27FN4O3/c1-13(22-18(26)12-24-9-6-21-11-19(24)27)16-10-14(20)2-3-17(16)23-7-4-15(25)5-8-23/h2-3,10,13,15,21,25H,4-9,11-12H2,1H3,(H,22,26)/t13-/m1/s1. The Morgan fingerprint density at radius 3 is 2.81 bits per heavy atom. The number of hydrogen-bond donors (Lipinski definition) is 3. The number of piperidine rings is 1. The molecule has 0 unspecified atom stereocenters. The topological polar surface area (TPSA) is 84.9 Å². The summed E-state index contributed by atoms with van der Waals surface area (Å²) in [6, 6.07) is 4.19. The summed E-state index contributed by atoms with van der Waals surface area (Å²) in [5.74, 6) is -0.714. The van der Waals surface area contributed by atoms with Crippen LogP contribution < -0.4 is 15.5 Å². The van der Waals surface area contributed by atoms with Crippen molar-refractivity contribution in [2.24, 2.45) is 0 Å². The van der Waals surface area contributed by atoms with Crippen molar-refractivity contribution in [3.05, 3.63) is 29.6 Å². The van der Waals surface area contributed by atoms with Crippen LogP contribution >= 0.6 is 0 Å². The number of carbonyl (C=O) groups is 2. The molecule has 0 radical (unpaired) electrons. The van der Waals surface area contributed by atoms with Crippen molar-refractivity contribution in [1.82, 2.24) is 15.5 Å². The average Bonchev–Trinajstić information content (AvgIpc) is 2.64. The summed E-state index contributed by atoms with van der Waals surface area (Å²) in [5.41, 5.74) is 1.57. The van der Waals surface area contributed by atoms with Gasteiger partial charge in [-0.2, -0.15) is 0 Å². The third-order valence-corrected chi connectivity index (χ3v) is 5.16. The van der Waals surface area contributed by atoms with Gasteiger partial charge in [0, 0.05) is 37.4 Å². The van der Waals surface area contributed by atoms with Gasteiger partial charge < -0.3 is 25.5 Å². The highest BCUT2D eigenvalue weighted by Crippen LogP contribution is 2.29. The number of nitrogens with zero attached hydrogens (tertiary/aromatic N) is 2. The third kappa shape index (κ3) is 4.95. The Labute approximate surface area is 158 Å². The number of hydrogen-bond acceptors (Lipinski definition) is 5. The van der Waals surface area contributed by atoms with Crippen LogP contribution in [0.2, 0.25) is 0 Å². The molecule has 148 valence electrons. The van der Waals surface area contributed by atoms with Crippen molar-refractivity contribution >= 4 is 17.5 Å². The summed E-state index contributed by atoms with van der Waals surface area (Å²) in [6.45, 7) is 4.62. The van der Waals surface area contributed by atoms with E-state index in [2.05, 4.69) is 15.5 Å². The van der Waals surface area contributed by atoms with E-state index >= 15 is 0 Å². The second kappa shape index (κ2) is 8.67. The number of aliphatic hydroxyl groups excluding tert-OH is 1. The van der Waals surface area contributed by atoms with E-state index in [1.807, 2.05) is 6.92 Å². The molecule has 3 rings (SSSR count). The molecule has 0 aromatic heterocycles. The number of anilines is 1. The van der Waals surface area contributed by atoms with Crippen LogP contribution in [0.15, 0.2) is 18.2 Å². The van der Waals surface area contributed by atoms with Gasteiger partial charge in [-0.1, -0.05) is 0 Å². The zero-order valence-electron chi connectivity index (χ0n) is 15.6. The summed E-state index contributed by atoms with van der Waals surface area (Å²) in [6.07, 6.45) is 1.05. The van der Waals surface area contributed by atoms with Gasteiger partial charge in [0.15, 0.2) is 0 Å². The van der Waals surface area contributed by atoms with Gasteiger partial charge in [-0.25, -0.2) is 4.39 Å². The summed E-state index contributed by atoms with van der Waals surface area (Å²) in [4.78, 5) is 27.9. The minimum Gasteiger partial charge on any atom is -0.393 e. The quantitative estimate of drug-likeness (QED) is 0.691. The summed E-state index contributed by atoms with van der Waals surface area (Å²) in [5, 5.41) is 15.6. The summed E-state index contributed by atoms with van der Waals surface area (Å²) in [7, 11) is 0. The molecule has 2 aliphatic heterocycles. The van der Waals surface area contributed by atoms with Crippen molar-refractivity contribution < 1.29 is 19.1 Å². The highest BCUT2D eigenvalue weighted by molar-refractivity contribution is 5.86. The van der Waals surface area contributed by atoms with E-state index in [-0.39, 0.29) is 36.8 Å². The first-order valence-corrected chi connectivity index (χ1v) is 9.44. The Morgan fingerprint density at radius 1 is 1.37 bits per heavy atom. The molecule has 2 saturated heterocycles. The van der Waals surface area contributed by atoms with Gasteiger partial charge in [-0.15, -0.1) is 0 Å². The minimum atomic E-state index is -0.395. The molecule has 1 atom stereocenters. The fourth-order valence-corrected chi connectivity index (χ4v) is 3.62. The lowest BCUT2D eigenvalue weighted by molar-refractivity contribution is -0.136. The maximum atomic E-state index is 13.9. The van der Waals surface area contributed by atoms with Crippen LogP contribution in [0.5, 0.6) is 0 Å². The largest absolute Gasteiger partial charge is 0.393 e. The highest BCUT2D eigenvalue weighted by Gasteiger charge is 2.24. The lowest BCUT2D eigenvalue weighted by Gasteiger charge is -2.34.